The fraction of sp³-hybridized carbons (Fsp3) is 0.429. The van der Waals surface area contributed by atoms with Gasteiger partial charge in [-0.05, 0) is 18.9 Å². The lowest BCUT2D eigenvalue weighted by molar-refractivity contribution is -0.141. The van der Waals surface area contributed by atoms with Gasteiger partial charge in [0.15, 0.2) is 0 Å². The molecule has 1 aromatic carbocycles. The number of amides is 1. The Bertz CT molecular complexity index is 424. The van der Waals surface area contributed by atoms with Gasteiger partial charge in [0.1, 0.15) is 0 Å². The fourth-order valence-corrected chi connectivity index (χ4v) is 1.67. The summed E-state index contributed by atoms with van der Waals surface area (Å²) >= 11 is 0. The fourth-order valence-electron chi connectivity index (χ4n) is 1.67. The Morgan fingerprint density at radius 2 is 1.90 bits per heavy atom. The van der Waals surface area contributed by atoms with Gasteiger partial charge in [0.2, 0.25) is 5.91 Å². The molecule has 0 radical (unpaired) electrons. The number of esters is 1. The van der Waals surface area contributed by atoms with E-state index in [1.165, 1.54) is 7.11 Å². The Kier molecular flexibility index (Phi) is 8.59. The zero-order valence-electron chi connectivity index (χ0n) is 11.7. The van der Waals surface area contributed by atoms with Gasteiger partial charge in [0, 0.05) is 6.42 Å². The molecule has 1 aromatic rings. The molecule has 0 fully saturated rings. The zero-order chi connectivity index (χ0) is 14.3. The SMILES string of the molecule is COC(=O)CCC(NC(=O)[C@H](C)N)c1ccccc1.Cl. The highest BCUT2D eigenvalue weighted by Crippen LogP contribution is 2.18. The van der Waals surface area contributed by atoms with Gasteiger partial charge in [-0.1, -0.05) is 30.3 Å². The molecule has 0 saturated carbocycles. The van der Waals surface area contributed by atoms with E-state index in [1.54, 1.807) is 6.92 Å². The second-order valence-corrected chi connectivity index (χ2v) is 4.38. The van der Waals surface area contributed by atoms with Crippen molar-refractivity contribution >= 4 is 24.3 Å². The van der Waals surface area contributed by atoms with Crippen molar-refractivity contribution in [2.24, 2.45) is 5.73 Å². The number of nitrogens with two attached hydrogens (primary N) is 1. The lowest BCUT2D eigenvalue weighted by atomic mass is 10.0. The number of carbonyl (C=O) groups excluding carboxylic acids is 2. The van der Waals surface area contributed by atoms with Gasteiger partial charge >= 0.3 is 5.97 Å². The zero-order valence-corrected chi connectivity index (χ0v) is 12.5. The molecule has 1 amide bonds. The number of ether oxygens (including phenoxy) is 1. The summed E-state index contributed by atoms with van der Waals surface area (Å²) < 4.78 is 4.61. The van der Waals surface area contributed by atoms with Crippen LogP contribution >= 0.6 is 12.4 Å². The largest absolute Gasteiger partial charge is 0.469 e. The Morgan fingerprint density at radius 3 is 2.40 bits per heavy atom. The predicted octanol–water partition coefficient (Wildman–Crippen LogP) is 1.57. The summed E-state index contributed by atoms with van der Waals surface area (Å²) in [5.41, 5.74) is 6.49. The van der Waals surface area contributed by atoms with E-state index in [2.05, 4.69) is 10.1 Å². The maximum absolute atomic E-state index is 11.7. The number of hydrogen-bond acceptors (Lipinski definition) is 4. The van der Waals surface area contributed by atoms with Crippen LogP contribution in [0.4, 0.5) is 0 Å². The van der Waals surface area contributed by atoms with Crippen LogP contribution in [0.3, 0.4) is 0 Å². The second-order valence-electron chi connectivity index (χ2n) is 4.38. The quantitative estimate of drug-likeness (QED) is 0.781. The molecule has 6 heteroatoms. The molecule has 0 aliphatic carbocycles. The number of methoxy groups -OCH3 is 1. The minimum absolute atomic E-state index is 0. The number of benzene rings is 1. The highest BCUT2D eigenvalue weighted by Gasteiger charge is 2.18. The molecule has 1 rings (SSSR count). The lowest BCUT2D eigenvalue weighted by Crippen LogP contribution is -2.40. The molecule has 1 unspecified atom stereocenters. The van der Waals surface area contributed by atoms with Crippen molar-refractivity contribution in [2.75, 3.05) is 7.11 Å². The summed E-state index contributed by atoms with van der Waals surface area (Å²) in [4.78, 5) is 22.9. The summed E-state index contributed by atoms with van der Waals surface area (Å²) in [5, 5.41) is 2.84. The summed E-state index contributed by atoms with van der Waals surface area (Å²) in [5.74, 6) is -0.533. The van der Waals surface area contributed by atoms with Crippen molar-refractivity contribution in [3.8, 4) is 0 Å². The summed E-state index contributed by atoms with van der Waals surface area (Å²) in [6.07, 6.45) is 0.727. The Balaban J connectivity index is 0.00000361. The molecule has 0 aromatic heterocycles. The Morgan fingerprint density at radius 1 is 1.30 bits per heavy atom. The summed E-state index contributed by atoms with van der Waals surface area (Å²) in [6, 6.07) is 8.67. The van der Waals surface area contributed by atoms with E-state index < -0.39 is 6.04 Å². The van der Waals surface area contributed by atoms with Gasteiger partial charge in [0.05, 0.1) is 19.2 Å². The van der Waals surface area contributed by atoms with E-state index in [0.717, 1.165) is 5.56 Å². The van der Waals surface area contributed by atoms with Crippen LogP contribution in [0, 0.1) is 0 Å². The summed E-state index contributed by atoms with van der Waals surface area (Å²) in [6.45, 7) is 1.62. The molecular weight excluding hydrogens is 280 g/mol. The third-order valence-corrected chi connectivity index (χ3v) is 2.80. The highest BCUT2D eigenvalue weighted by molar-refractivity contribution is 5.85. The third-order valence-electron chi connectivity index (χ3n) is 2.80. The topological polar surface area (TPSA) is 81.4 Å². The molecule has 0 aliphatic rings. The second kappa shape index (κ2) is 9.34. The van der Waals surface area contributed by atoms with E-state index in [4.69, 9.17) is 5.73 Å². The van der Waals surface area contributed by atoms with E-state index in [0.29, 0.717) is 6.42 Å². The van der Waals surface area contributed by atoms with Gasteiger partial charge in [-0.2, -0.15) is 0 Å². The van der Waals surface area contributed by atoms with Gasteiger partial charge in [-0.25, -0.2) is 0 Å². The van der Waals surface area contributed by atoms with Crippen molar-refractivity contribution in [2.45, 2.75) is 31.8 Å². The molecule has 3 N–H and O–H groups in total. The molecule has 0 bridgehead atoms. The molecule has 112 valence electrons. The first-order valence-corrected chi connectivity index (χ1v) is 6.22. The predicted molar refractivity (Wildman–Crippen MR) is 79.5 cm³/mol. The van der Waals surface area contributed by atoms with Crippen LogP contribution < -0.4 is 11.1 Å². The van der Waals surface area contributed by atoms with Crippen LogP contribution in [0.1, 0.15) is 31.4 Å². The molecule has 0 heterocycles. The number of carbonyl (C=O) groups is 2. The van der Waals surface area contributed by atoms with Crippen molar-refractivity contribution in [3.05, 3.63) is 35.9 Å². The first kappa shape index (κ1) is 18.4. The monoisotopic (exact) mass is 300 g/mol. The standard InChI is InChI=1S/C14H20N2O3.ClH/c1-10(15)14(18)16-12(8-9-13(17)19-2)11-6-4-3-5-7-11;/h3-7,10,12H,8-9,15H2,1-2H3,(H,16,18);1H/t10-,12?;/m0./s1. The molecule has 0 aliphatic heterocycles. The van der Waals surface area contributed by atoms with E-state index in [-0.39, 0.29) is 36.7 Å². The van der Waals surface area contributed by atoms with Gasteiger partial charge in [-0.15, -0.1) is 12.4 Å². The third kappa shape index (κ3) is 6.04. The number of nitrogens with one attached hydrogen (secondary N) is 1. The maximum Gasteiger partial charge on any atom is 0.305 e. The molecule has 2 atom stereocenters. The van der Waals surface area contributed by atoms with Crippen LogP contribution in [0.25, 0.3) is 0 Å². The average Bonchev–Trinajstić information content (AvgIpc) is 2.43. The van der Waals surface area contributed by atoms with Crippen LogP contribution in [0.2, 0.25) is 0 Å². The smallest absolute Gasteiger partial charge is 0.305 e. The molecule has 5 nitrogen and oxygen atoms in total. The van der Waals surface area contributed by atoms with Crippen molar-refractivity contribution in [1.29, 1.82) is 0 Å². The first-order valence-electron chi connectivity index (χ1n) is 6.22. The Labute approximate surface area is 125 Å². The summed E-state index contributed by atoms with van der Waals surface area (Å²) in [7, 11) is 1.35. The first-order chi connectivity index (χ1) is 9.04. The van der Waals surface area contributed by atoms with E-state index in [1.807, 2.05) is 30.3 Å². The average molecular weight is 301 g/mol. The highest BCUT2D eigenvalue weighted by atomic mass is 35.5. The molecule has 0 spiro atoms. The van der Waals surface area contributed by atoms with Crippen LogP contribution in [0.5, 0.6) is 0 Å². The number of hydrogen-bond donors (Lipinski definition) is 2. The van der Waals surface area contributed by atoms with E-state index in [9.17, 15) is 9.59 Å². The van der Waals surface area contributed by atoms with Crippen molar-refractivity contribution in [1.82, 2.24) is 5.32 Å². The van der Waals surface area contributed by atoms with Gasteiger partial charge in [0.25, 0.3) is 0 Å². The van der Waals surface area contributed by atoms with Crippen LogP contribution in [0.15, 0.2) is 30.3 Å². The van der Waals surface area contributed by atoms with E-state index >= 15 is 0 Å². The lowest BCUT2D eigenvalue weighted by Gasteiger charge is -2.20. The maximum atomic E-state index is 11.7. The normalized spacial score (nSPS) is 12.8. The number of rotatable bonds is 6. The minimum Gasteiger partial charge on any atom is -0.469 e. The van der Waals surface area contributed by atoms with Gasteiger partial charge in [-0.3, -0.25) is 9.59 Å². The van der Waals surface area contributed by atoms with Gasteiger partial charge < -0.3 is 15.8 Å². The van der Waals surface area contributed by atoms with Crippen LogP contribution in [-0.2, 0) is 14.3 Å². The molecule has 20 heavy (non-hydrogen) atoms. The van der Waals surface area contributed by atoms with Crippen molar-refractivity contribution in [3.63, 3.8) is 0 Å². The van der Waals surface area contributed by atoms with Crippen LogP contribution in [-0.4, -0.2) is 25.0 Å². The molecular formula is C14H21ClN2O3. The Hall–Kier alpha value is -1.59. The molecule has 0 saturated heterocycles. The number of halogens is 1. The minimum atomic E-state index is -0.579. The van der Waals surface area contributed by atoms with Crippen molar-refractivity contribution < 1.29 is 14.3 Å².